The highest BCUT2D eigenvalue weighted by atomic mass is 19.4. The summed E-state index contributed by atoms with van der Waals surface area (Å²) in [6, 6.07) is 1.31. The molecule has 8 heteroatoms. The van der Waals surface area contributed by atoms with Crippen LogP contribution in [0.5, 0.6) is 0 Å². The Morgan fingerprint density at radius 3 is 2.79 bits per heavy atom. The van der Waals surface area contributed by atoms with E-state index in [1.165, 1.54) is 6.07 Å². The smallest absolute Gasteiger partial charge is 0.384 e. The SMILES string of the molecule is CN1CCC(CNc2cc(N)nc(C(F)(F)F)n2)C1. The molecule has 106 valence electrons. The Morgan fingerprint density at radius 2 is 2.21 bits per heavy atom. The van der Waals surface area contributed by atoms with E-state index in [0.717, 1.165) is 19.5 Å². The molecule has 3 N–H and O–H groups in total. The summed E-state index contributed by atoms with van der Waals surface area (Å²) >= 11 is 0. The highest BCUT2D eigenvalue weighted by Gasteiger charge is 2.35. The molecule has 0 saturated carbocycles. The third-order valence-electron chi connectivity index (χ3n) is 3.06. The average molecular weight is 275 g/mol. The highest BCUT2D eigenvalue weighted by Crippen LogP contribution is 2.27. The van der Waals surface area contributed by atoms with Crippen LogP contribution < -0.4 is 11.1 Å². The van der Waals surface area contributed by atoms with Crippen molar-refractivity contribution in [2.24, 2.45) is 5.92 Å². The second kappa shape index (κ2) is 5.20. The lowest BCUT2D eigenvalue weighted by molar-refractivity contribution is -0.144. The number of aromatic nitrogens is 2. The Morgan fingerprint density at radius 1 is 1.47 bits per heavy atom. The first-order chi connectivity index (χ1) is 8.84. The summed E-state index contributed by atoms with van der Waals surface area (Å²) in [7, 11) is 2.02. The van der Waals surface area contributed by atoms with Gasteiger partial charge in [0.05, 0.1) is 0 Å². The maximum absolute atomic E-state index is 12.5. The second-order valence-electron chi connectivity index (χ2n) is 4.80. The van der Waals surface area contributed by atoms with Gasteiger partial charge < -0.3 is 16.0 Å². The molecule has 2 rings (SSSR count). The predicted molar refractivity (Wildman–Crippen MR) is 65.5 cm³/mol. The Hall–Kier alpha value is -1.57. The lowest BCUT2D eigenvalue weighted by Crippen LogP contribution is -2.20. The molecule has 0 spiro atoms. The van der Waals surface area contributed by atoms with Gasteiger partial charge in [0, 0.05) is 19.2 Å². The third-order valence-corrected chi connectivity index (χ3v) is 3.06. The van der Waals surface area contributed by atoms with Crippen LogP contribution in [0.1, 0.15) is 12.2 Å². The number of likely N-dealkylation sites (tertiary alicyclic amines) is 1. The topological polar surface area (TPSA) is 67.1 Å². The predicted octanol–water partition coefficient (Wildman–Crippen LogP) is 1.44. The fraction of sp³-hybridized carbons (Fsp3) is 0.636. The average Bonchev–Trinajstić information content (AvgIpc) is 2.71. The van der Waals surface area contributed by atoms with Crippen LogP contribution in [0.2, 0.25) is 0 Å². The molecule has 1 atom stereocenters. The van der Waals surface area contributed by atoms with E-state index in [1.807, 2.05) is 7.05 Å². The van der Waals surface area contributed by atoms with Crippen LogP contribution in [0.4, 0.5) is 24.8 Å². The van der Waals surface area contributed by atoms with Crippen LogP contribution in [0.3, 0.4) is 0 Å². The molecule has 0 aliphatic carbocycles. The molecular weight excluding hydrogens is 259 g/mol. The first-order valence-electron chi connectivity index (χ1n) is 5.99. The number of alkyl halides is 3. The number of nitrogen functional groups attached to an aromatic ring is 1. The van der Waals surface area contributed by atoms with Gasteiger partial charge in [0.1, 0.15) is 11.6 Å². The molecule has 19 heavy (non-hydrogen) atoms. The maximum Gasteiger partial charge on any atom is 0.451 e. The molecule has 1 aliphatic rings. The minimum Gasteiger partial charge on any atom is -0.384 e. The summed E-state index contributed by atoms with van der Waals surface area (Å²) in [6.07, 6.45) is -3.56. The summed E-state index contributed by atoms with van der Waals surface area (Å²) < 4.78 is 37.6. The van der Waals surface area contributed by atoms with E-state index in [2.05, 4.69) is 20.2 Å². The van der Waals surface area contributed by atoms with Crippen molar-refractivity contribution in [3.8, 4) is 0 Å². The zero-order chi connectivity index (χ0) is 14.0. The number of hydrogen-bond acceptors (Lipinski definition) is 5. The van der Waals surface area contributed by atoms with Crippen molar-refractivity contribution in [2.75, 3.05) is 37.7 Å². The number of anilines is 2. The van der Waals surface area contributed by atoms with Gasteiger partial charge in [0.2, 0.25) is 5.82 Å². The first kappa shape index (κ1) is 13.9. The molecule has 1 unspecified atom stereocenters. The number of hydrogen-bond donors (Lipinski definition) is 2. The van der Waals surface area contributed by atoms with Gasteiger partial charge in [-0.1, -0.05) is 0 Å². The molecule has 1 aromatic rings. The lowest BCUT2D eigenvalue weighted by Gasteiger charge is -2.13. The Balaban J connectivity index is 2.02. The van der Waals surface area contributed by atoms with Gasteiger partial charge in [-0.2, -0.15) is 13.2 Å². The number of nitrogens with two attached hydrogens (primary N) is 1. The van der Waals surface area contributed by atoms with Gasteiger partial charge in [-0.25, -0.2) is 9.97 Å². The lowest BCUT2D eigenvalue weighted by atomic mass is 10.1. The van der Waals surface area contributed by atoms with Gasteiger partial charge in [-0.3, -0.25) is 0 Å². The Kier molecular flexibility index (Phi) is 3.79. The van der Waals surface area contributed by atoms with Crippen LogP contribution in [0.15, 0.2) is 6.07 Å². The van der Waals surface area contributed by atoms with E-state index in [9.17, 15) is 13.2 Å². The molecule has 1 aromatic heterocycles. The zero-order valence-electron chi connectivity index (χ0n) is 10.5. The van der Waals surface area contributed by atoms with E-state index in [0.29, 0.717) is 12.5 Å². The number of halogens is 3. The summed E-state index contributed by atoms with van der Waals surface area (Å²) in [5.74, 6) is -0.864. The molecule has 0 amide bonds. The van der Waals surface area contributed by atoms with Gasteiger partial charge >= 0.3 is 6.18 Å². The van der Waals surface area contributed by atoms with E-state index < -0.39 is 12.0 Å². The zero-order valence-corrected chi connectivity index (χ0v) is 10.5. The standard InChI is InChI=1S/C11H16F3N5/c1-19-3-2-7(6-19)5-16-9-4-8(15)17-10(18-9)11(12,13)14/h4,7H,2-3,5-6H2,1H3,(H3,15,16,17,18). The van der Waals surface area contributed by atoms with Crippen LogP contribution in [-0.2, 0) is 6.18 Å². The van der Waals surface area contributed by atoms with Crippen LogP contribution in [-0.4, -0.2) is 41.5 Å². The number of rotatable bonds is 3. The molecule has 5 nitrogen and oxygen atoms in total. The monoisotopic (exact) mass is 275 g/mol. The van der Waals surface area contributed by atoms with Crippen molar-refractivity contribution in [2.45, 2.75) is 12.6 Å². The van der Waals surface area contributed by atoms with Crippen molar-refractivity contribution < 1.29 is 13.2 Å². The fourth-order valence-electron chi connectivity index (χ4n) is 2.13. The molecule has 2 heterocycles. The Labute approximate surface area is 109 Å². The Bertz CT molecular complexity index is 448. The summed E-state index contributed by atoms with van der Waals surface area (Å²) in [4.78, 5) is 8.82. The maximum atomic E-state index is 12.5. The molecular formula is C11H16F3N5. The van der Waals surface area contributed by atoms with Crippen molar-refractivity contribution in [1.82, 2.24) is 14.9 Å². The highest BCUT2D eigenvalue weighted by molar-refractivity contribution is 5.44. The number of nitrogens with zero attached hydrogens (tertiary/aromatic N) is 3. The van der Waals surface area contributed by atoms with Crippen molar-refractivity contribution in [3.05, 3.63) is 11.9 Å². The van der Waals surface area contributed by atoms with Gasteiger partial charge in [0.15, 0.2) is 0 Å². The van der Waals surface area contributed by atoms with E-state index in [-0.39, 0.29) is 11.6 Å². The normalized spacial score (nSPS) is 20.7. The summed E-state index contributed by atoms with van der Waals surface area (Å²) in [6.45, 7) is 2.52. The molecule has 0 bridgehead atoms. The molecule has 0 aromatic carbocycles. The first-order valence-corrected chi connectivity index (χ1v) is 5.99. The largest absolute Gasteiger partial charge is 0.451 e. The van der Waals surface area contributed by atoms with Crippen molar-refractivity contribution in [1.29, 1.82) is 0 Å². The van der Waals surface area contributed by atoms with Crippen molar-refractivity contribution in [3.63, 3.8) is 0 Å². The van der Waals surface area contributed by atoms with Crippen LogP contribution in [0.25, 0.3) is 0 Å². The van der Waals surface area contributed by atoms with Crippen LogP contribution in [0, 0.1) is 5.92 Å². The van der Waals surface area contributed by atoms with E-state index in [4.69, 9.17) is 5.73 Å². The number of nitrogens with one attached hydrogen (secondary N) is 1. The minimum absolute atomic E-state index is 0.120. The van der Waals surface area contributed by atoms with E-state index >= 15 is 0 Å². The second-order valence-corrected chi connectivity index (χ2v) is 4.80. The van der Waals surface area contributed by atoms with E-state index in [1.54, 1.807) is 0 Å². The molecule has 1 aliphatic heterocycles. The van der Waals surface area contributed by atoms with Gasteiger partial charge in [-0.05, 0) is 25.9 Å². The molecule has 1 fully saturated rings. The quantitative estimate of drug-likeness (QED) is 0.873. The van der Waals surface area contributed by atoms with Gasteiger partial charge in [-0.15, -0.1) is 0 Å². The third kappa shape index (κ3) is 3.69. The van der Waals surface area contributed by atoms with Gasteiger partial charge in [0.25, 0.3) is 0 Å². The van der Waals surface area contributed by atoms with Crippen molar-refractivity contribution >= 4 is 11.6 Å². The molecule has 0 radical (unpaired) electrons. The van der Waals surface area contributed by atoms with Crippen LogP contribution >= 0.6 is 0 Å². The minimum atomic E-state index is -4.58. The summed E-state index contributed by atoms with van der Waals surface area (Å²) in [5, 5.41) is 2.90. The molecule has 1 saturated heterocycles. The fourth-order valence-corrected chi connectivity index (χ4v) is 2.13. The summed E-state index contributed by atoms with van der Waals surface area (Å²) in [5.41, 5.74) is 5.36.